The van der Waals surface area contributed by atoms with Gasteiger partial charge in [-0.15, -0.1) is 0 Å². The predicted octanol–water partition coefficient (Wildman–Crippen LogP) is 4.40. The molecular formula is C19H18ClN3O. The van der Waals surface area contributed by atoms with Crippen LogP contribution in [0.3, 0.4) is 0 Å². The van der Waals surface area contributed by atoms with Crippen molar-refractivity contribution in [2.45, 2.75) is 19.9 Å². The molecule has 0 unspecified atom stereocenters. The van der Waals surface area contributed by atoms with E-state index in [9.17, 15) is 4.79 Å². The highest BCUT2D eigenvalue weighted by Crippen LogP contribution is 2.15. The fourth-order valence-electron chi connectivity index (χ4n) is 2.41. The molecule has 0 spiro atoms. The van der Waals surface area contributed by atoms with E-state index in [0.717, 1.165) is 12.0 Å². The van der Waals surface area contributed by atoms with Crippen LogP contribution >= 0.6 is 11.6 Å². The third-order valence-electron chi connectivity index (χ3n) is 3.83. The first-order valence-electron chi connectivity index (χ1n) is 7.82. The first kappa shape index (κ1) is 16.3. The number of halogens is 1. The second kappa shape index (κ2) is 7.32. The highest BCUT2D eigenvalue weighted by atomic mass is 35.5. The first-order valence-corrected chi connectivity index (χ1v) is 8.20. The lowest BCUT2D eigenvalue weighted by molar-refractivity contribution is 0.102. The van der Waals surface area contributed by atoms with Gasteiger partial charge in [0.2, 0.25) is 0 Å². The van der Waals surface area contributed by atoms with E-state index in [1.165, 1.54) is 5.56 Å². The highest BCUT2D eigenvalue weighted by molar-refractivity contribution is 6.30. The number of nitrogens with one attached hydrogen (secondary N) is 1. The molecular weight excluding hydrogens is 322 g/mol. The molecule has 2 aromatic carbocycles. The molecule has 0 saturated heterocycles. The van der Waals surface area contributed by atoms with Gasteiger partial charge in [0.1, 0.15) is 5.82 Å². The summed E-state index contributed by atoms with van der Waals surface area (Å²) in [6, 6.07) is 17.0. The Bertz CT molecular complexity index is 823. The molecule has 24 heavy (non-hydrogen) atoms. The van der Waals surface area contributed by atoms with Gasteiger partial charge in [-0.3, -0.25) is 4.79 Å². The molecule has 0 fully saturated rings. The zero-order valence-electron chi connectivity index (χ0n) is 13.4. The number of nitrogens with zero attached hydrogens (tertiary/aromatic N) is 2. The van der Waals surface area contributed by atoms with Crippen LogP contribution in [0.1, 0.15) is 28.4 Å². The fourth-order valence-corrected chi connectivity index (χ4v) is 2.53. The number of benzene rings is 2. The number of aromatic nitrogens is 2. The van der Waals surface area contributed by atoms with Crippen LogP contribution in [0.5, 0.6) is 0 Å². The van der Waals surface area contributed by atoms with Crippen molar-refractivity contribution in [3.05, 3.63) is 82.5 Å². The number of aryl methyl sites for hydroxylation is 1. The molecule has 0 saturated carbocycles. The van der Waals surface area contributed by atoms with Crippen molar-refractivity contribution < 1.29 is 4.79 Å². The summed E-state index contributed by atoms with van der Waals surface area (Å²) in [5, 5.41) is 7.89. The normalized spacial score (nSPS) is 10.6. The molecule has 0 bridgehead atoms. The SMILES string of the molecule is CCc1ccc(C(=O)Nc2ccnn2Cc2ccc(Cl)cc2)cc1. The average molecular weight is 340 g/mol. The van der Waals surface area contributed by atoms with E-state index in [1.54, 1.807) is 16.9 Å². The Morgan fingerprint density at radius 3 is 2.38 bits per heavy atom. The Labute approximate surface area is 146 Å². The highest BCUT2D eigenvalue weighted by Gasteiger charge is 2.10. The van der Waals surface area contributed by atoms with Gasteiger partial charge in [0.25, 0.3) is 5.91 Å². The topological polar surface area (TPSA) is 46.9 Å². The van der Waals surface area contributed by atoms with Crippen LogP contribution in [0.15, 0.2) is 60.8 Å². The molecule has 4 nitrogen and oxygen atoms in total. The Kier molecular flexibility index (Phi) is 4.96. The second-order valence-corrected chi connectivity index (χ2v) is 5.94. The van der Waals surface area contributed by atoms with E-state index < -0.39 is 0 Å². The van der Waals surface area contributed by atoms with Crippen LogP contribution < -0.4 is 5.32 Å². The van der Waals surface area contributed by atoms with E-state index in [0.29, 0.717) is 22.9 Å². The zero-order valence-corrected chi connectivity index (χ0v) is 14.1. The summed E-state index contributed by atoms with van der Waals surface area (Å²) in [6.07, 6.45) is 2.63. The van der Waals surface area contributed by atoms with Crippen molar-refractivity contribution in [1.82, 2.24) is 9.78 Å². The van der Waals surface area contributed by atoms with Crippen molar-refractivity contribution in [1.29, 1.82) is 0 Å². The largest absolute Gasteiger partial charge is 0.307 e. The quantitative estimate of drug-likeness (QED) is 0.749. The van der Waals surface area contributed by atoms with Crippen LogP contribution in [0.4, 0.5) is 5.82 Å². The molecule has 0 aliphatic carbocycles. The maximum absolute atomic E-state index is 12.4. The lowest BCUT2D eigenvalue weighted by Crippen LogP contribution is -2.16. The summed E-state index contributed by atoms with van der Waals surface area (Å²) in [6.45, 7) is 2.65. The van der Waals surface area contributed by atoms with Gasteiger partial charge in [-0.2, -0.15) is 5.10 Å². The molecule has 0 aliphatic rings. The Morgan fingerprint density at radius 1 is 1.04 bits per heavy atom. The number of amides is 1. The molecule has 1 aromatic heterocycles. The van der Waals surface area contributed by atoms with Crippen molar-refractivity contribution >= 4 is 23.3 Å². The monoisotopic (exact) mass is 339 g/mol. The van der Waals surface area contributed by atoms with Crippen molar-refractivity contribution in [3.8, 4) is 0 Å². The van der Waals surface area contributed by atoms with Crippen molar-refractivity contribution in [3.63, 3.8) is 0 Å². The van der Waals surface area contributed by atoms with Crippen LogP contribution in [0.2, 0.25) is 5.02 Å². The van der Waals surface area contributed by atoms with Crippen LogP contribution in [0, 0.1) is 0 Å². The minimum atomic E-state index is -0.143. The summed E-state index contributed by atoms with van der Waals surface area (Å²) >= 11 is 5.90. The van der Waals surface area contributed by atoms with Gasteiger partial charge in [-0.1, -0.05) is 42.8 Å². The molecule has 3 rings (SSSR count). The van der Waals surface area contributed by atoms with Gasteiger partial charge < -0.3 is 5.32 Å². The molecule has 0 aliphatic heterocycles. The second-order valence-electron chi connectivity index (χ2n) is 5.51. The van der Waals surface area contributed by atoms with E-state index in [-0.39, 0.29) is 5.91 Å². The molecule has 122 valence electrons. The van der Waals surface area contributed by atoms with Gasteiger partial charge in [-0.25, -0.2) is 4.68 Å². The Hall–Kier alpha value is -2.59. The maximum atomic E-state index is 12.4. The van der Waals surface area contributed by atoms with E-state index >= 15 is 0 Å². The minimum absolute atomic E-state index is 0.143. The molecule has 3 aromatic rings. The van der Waals surface area contributed by atoms with Gasteiger partial charge in [0, 0.05) is 16.7 Å². The minimum Gasteiger partial charge on any atom is -0.307 e. The van der Waals surface area contributed by atoms with Gasteiger partial charge in [0.15, 0.2) is 0 Å². The third kappa shape index (κ3) is 3.84. The van der Waals surface area contributed by atoms with Crippen molar-refractivity contribution in [2.24, 2.45) is 0 Å². The first-order chi connectivity index (χ1) is 11.7. The molecule has 1 heterocycles. The number of rotatable bonds is 5. The third-order valence-corrected chi connectivity index (χ3v) is 4.08. The van der Waals surface area contributed by atoms with Gasteiger partial charge >= 0.3 is 0 Å². The summed E-state index contributed by atoms with van der Waals surface area (Å²) in [4.78, 5) is 12.4. The van der Waals surface area contributed by atoms with Crippen LogP contribution in [-0.4, -0.2) is 15.7 Å². The van der Waals surface area contributed by atoms with Gasteiger partial charge in [0.05, 0.1) is 12.7 Å². The van der Waals surface area contributed by atoms with E-state index in [1.807, 2.05) is 48.5 Å². The fraction of sp³-hybridized carbons (Fsp3) is 0.158. The van der Waals surface area contributed by atoms with Crippen LogP contribution in [-0.2, 0) is 13.0 Å². The standard InChI is InChI=1S/C19H18ClN3O/c1-2-14-3-7-16(8-4-14)19(24)22-18-11-12-21-23(18)13-15-5-9-17(20)10-6-15/h3-12H,2,13H2,1H3,(H,22,24). The van der Waals surface area contributed by atoms with Crippen LogP contribution in [0.25, 0.3) is 0 Å². The maximum Gasteiger partial charge on any atom is 0.256 e. The lowest BCUT2D eigenvalue weighted by Gasteiger charge is -2.09. The molecule has 5 heteroatoms. The Balaban J connectivity index is 1.72. The number of anilines is 1. The molecule has 1 N–H and O–H groups in total. The zero-order chi connectivity index (χ0) is 16.9. The van der Waals surface area contributed by atoms with Crippen molar-refractivity contribution in [2.75, 3.05) is 5.32 Å². The summed E-state index contributed by atoms with van der Waals surface area (Å²) in [7, 11) is 0. The molecule has 0 atom stereocenters. The summed E-state index contributed by atoms with van der Waals surface area (Å²) < 4.78 is 1.75. The number of hydrogen-bond acceptors (Lipinski definition) is 2. The molecule has 1 amide bonds. The van der Waals surface area contributed by atoms with Gasteiger partial charge in [-0.05, 0) is 41.8 Å². The van der Waals surface area contributed by atoms with E-state index in [2.05, 4.69) is 17.3 Å². The smallest absolute Gasteiger partial charge is 0.256 e. The average Bonchev–Trinajstić information content (AvgIpc) is 3.03. The summed E-state index contributed by atoms with van der Waals surface area (Å²) in [5.41, 5.74) is 2.90. The predicted molar refractivity (Wildman–Crippen MR) is 96.6 cm³/mol. The number of carbonyl (C=O) groups is 1. The van der Waals surface area contributed by atoms with E-state index in [4.69, 9.17) is 11.6 Å². The Morgan fingerprint density at radius 2 is 1.71 bits per heavy atom. The summed E-state index contributed by atoms with van der Waals surface area (Å²) in [5.74, 6) is 0.519. The molecule has 0 radical (unpaired) electrons. The number of hydrogen-bond donors (Lipinski definition) is 1. The lowest BCUT2D eigenvalue weighted by atomic mass is 10.1. The number of carbonyl (C=O) groups excluding carboxylic acids is 1.